The first kappa shape index (κ1) is 28.7. The molecule has 0 aromatic heterocycles. The minimum Gasteiger partial charge on any atom is -0.507 e. The zero-order valence-electron chi connectivity index (χ0n) is 21.8. The van der Waals surface area contributed by atoms with Gasteiger partial charge in [-0.05, 0) is 74.2 Å². The second-order valence-electron chi connectivity index (χ2n) is 10.5. The Kier molecular flexibility index (Phi) is 9.77. The summed E-state index contributed by atoms with van der Waals surface area (Å²) in [4.78, 5) is 12.5. The Bertz CT molecular complexity index is 1060. The van der Waals surface area contributed by atoms with Gasteiger partial charge in [0.1, 0.15) is 12.4 Å². The lowest BCUT2D eigenvalue weighted by Gasteiger charge is -2.28. The Hall–Kier alpha value is -2.55. The maximum atomic E-state index is 12.5. The van der Waals surface area contributed by atoms with Crippen LogP contribution in [0.3, 0.4) is 0 Å². The first-order valence-corrected chi connectivity index (χ1v) is 12.7. The van der Waals surface area contributed by atoms with Gasteiger partial charge in [0.15, 0.2) is 11.5 Å². The molecule has 2 aromatic carbocycles. The van der Waals surface area contributed by atoms with E-state index in [1.807, 2.05) is 18.2 Å². The number of benzene rings is 2. The Morgan fingerprint density at radius 1 is 1.11 bits per heavy atom. The van der Waals surface area contributed by atoms with Crippen molar-refractivity contribution in [2.45, 2.75) is 65.2 Å². The van der Waals surface area contributed by atoms with E-state index >= 15 is 0 Å². The summed E-state index contributed by atoms with van der Waals surface area (Å²) in [7, 11) is 1.58. The van der Waals surface area contributed by atoms with Crippen LogP contribution in [0.4, 0.5) is 0 Å². The van der Waals surface area contributed by atoms with Crippen LogP contribution in [0.25, 0.3) is 0 Å². The maximum absolute atomic E-state index is 12.5. The summed E-state index contributed by atoms with van der Waals surface area (Å²) < 4.78 is 12.0. The molecule has 0 fully saturated rings. The van der Waals surface area contributed by atoms with Crippen LogP contribution in [-0.4, -0.2) is 30.9 Å². The average Bonchev–Trinajstić information content (AvgIpc) is 2.75. The third-order valence-corrected chi connectivity index (χ3v) is 6.23. The molecule has 0 aliphatic heterocycles. The molecule has 7 heteroatoms. The number of aryl methyl sites for hydroxylation is 1. The Labute approximate surface area is 222 Å². The summed E-state index contributed by atoms with van der Waals surface area (Å²) in [5, 5.41) is 15.0. The lowest BCUT2D eigenvalue weighted by Crippen LogP contribution is -2.20. The van der Waals surface area contributed by atoms with Gasteiger partial charge in [-0.2, -0.15) is 5.10 Å². The van der Waals surface area contributed by atoms with E-state index in [1.165, 1.54) is 0 Å². The van der Waals surface area contributed by atoms with E-state index in [0.717, 1.165) is 25.8 Å². The smallest absolute Gasteiger partial charge is 0.240 e. The number of amides is 1. The van der Waals surface area contributed by atoms with Gasteiger partial charge in [-0.15, -0.1) is 0 Å². The van der Waals surface area contributed by atoms with E-state index in [-0.39, 0.29) is 23.2 Å². The van der Waals surface area contributed by atoms with Crippen LogP contribution in [0.5, 0.6) is 17.2 Å². The number of hydrogen-bond acceptors (Lipinski definition) is 5. The summed E-state index contributed by atoms with van der Waals surface area (Å²) in [6.07, 6.45) is 4.08. The molecule has 0 saturated carbocycles. The average molecular weight is 593 g/mol. The van der Waals surface area contributed by atoms with Crippen LogP contribution < -0.4 is 14.9 Å². The van der Waals surface area contributed by atoms with Crippen molar-refractivity contribution < 1.29 is 19.4 Å². The van der Waals surface area contributed by atoms with Crippen LogP contribution in [0.1, 0.15) is 70.2 Å². The van der Waals surface area contributed by atoms with Crippen LogP contribution in [0.15, 0.2) is 42.0 Å². The summed E-state index contributed by atoms with van der Waals surface area (Å²) in [6, 6.07) is 7.71. The van der Waals surface area contributed by atoms with Crippen molar-refractivity contribution in [3.8, 4) is 17.2 Å². The molecular weight excluding hydrogens is 555 g/mol. The zero-order valence-corrected chi connectivity index (χ0v) is 23.9. The van der Waals surface area contributed by atoms with Crippen molar-refractivity contribution >= 4 is 34.7 Å². The highest BCUT2D eigenvalue weighted by atomic mass is 127. The first-order valence-electron chi connectivity index (χ1n) is 11.6. The summed E-state index contributed by atoms with van der Waals surface area (Å²) in [5.74, 6) is 1.39. The van der Waals surface area contributed by atoms with E-state index in [0.29, 0.717) is 30.3 Å². The van der Waals surface area contributed by atoms with Gasteiger partial charge in [0.25, 0.3) is 0 Å². The number of nitrogens with one attached hydrogen (secondary N) is 1. The van der Waals surface area contributed by atoms with Crippen molar-refractivity contribution in [1.82, 2.24) is 5.43 Å². The molecule has 0 aliphatic rings. The molecule has 0 spiro atoms. The number of phenols is 1. The third kappa shape index (κ3) is 7.98. The molecule has 0 atom stereocenters. The molecule has 35 heavy (non-hydrogen) atoms. The van der Waals surface area contributed by atoms with Crippen LogP contribution in [0.2, 0.25) is 0 Å². The first-order chi connectivity index (χ1) is 16.3. The maximum Gasteiger partial charge on any atom is 0.240 e. The second kappa shape index (κ2) is 11.9. The van der Waals surface area contributed by atoms with Crippen LogP contribution in [0, 0.1) is 3.57 Å². The van der Waals surface area contributed by atoms with Crippen LogP contribution >= 0.6 is 22.6 Å². The monoisotopic (exact) mass is 592 g/mol. The number of hydrogen-bond donors (Lipinski definition) is 2. The molecule has 0 aliphatic carbocycles. The molecule has 190 valence electrons. The Morgan fingerprint density at radius 2 is 1.71 bits per heavy atom. The van der Waals surface area contributed by atoms with Crippen molar-refractivity contribution in [2.75, 3.05) is 13.7 Å². The van der Waals surface area contributed by atoms with Crippen molar-refractivity contribution in [3.05, 3.63) is 62.7 Å². The second-order valence-corrected chi connectivity index (χ2v) is 11.6. The minimum atomic E-state index is -0.211. The van der Waals surface area contributed by atoms with Gasteiger partial charge in [0, 0.05) is 6.42 Å². The van der Waals surface area contributed by atoms with Crippen LogP contribution in [-0.2, 0) is 22.0 Å². The molecule has 0 radical (unpaired) electrons. The molecule has 2 rings (SSSR count). The predicted octanol–water partition coefficient (Wildman–Crippen LogP) is 6.25. The number of aromatic hydroxyl groups is 1. The van der Waals surface area contributed by atoms with E-state index in [9.17, 15) is 9.90 Å². The molecule has 2 N–H and O–H groups in total. The third-order valence-electron chi connectivity index (χ3n) is 5.43. The molecule has 0 bridgehead atoms. The van der Waals surface area contributed by atoms with E-state index in [4.69, 9.17) is 9.47 Å². The zero-order chi connectivity index (χ0) is 26.4. The highest BCUT2D eigenvalue weighted by molar-refractivity contribution is 14.1. The minimum absolute atomic E-state index is 0.184. The number of halogens is 1. The summed E-state index contributed by atoms with van der Waals surface area (Å²) in [5.41, 5.74) is 5.76. The number of ether oxygens (including phenoxy) is 2. The quantitative estimate of drug-likeness (QED) is 0.156. The normalized spacial score (nSPS) is 12.0. The largest absolute Gasteiger partial charge is 0.507 e. The Morgan fingerprint density at radius 3 is 2.23 bits per heavy atom. The summed E-state index contributed by atoms with van der Waals surface area (Å²) >= 11 is 2.17. The van der Waals surface area contributed by atoms with Gasteiger partial charge in [-0.25, -0.2) is 5.43 Å². The number of carbonyl (C=O) groups is 1. The fraction of sp³-hybridized carbons (Fsp3) is 0.429. The fourth-order valence-corrected chi connectivity index (χ4v) is 4.35. The van der Waals surface area contributed by atoms with Gasteiger partial charge in [-0.3, -0.25) is 4.79 Å². The van der Waals surface area contributed by atoms with E-state index in [1.54, 1.807) is 25.5 Å². The highest BCUT2D eigenvalue weighted by Gasteiger charge is 2.26. The molecule has 6 nitrogen and oxygen atoms in total. The number of phenolic OH excluding ortho intramolecular Hbond substituents is 1. The highest BCUT2D eigenvalue weighted by Crippen LogP contribution is 2.40. The molecular formula is C28H37IN2O4. The number of methoxy groups -OCH3 is 1. The molecule has 0 unspecified atom stereocenters. The number of hydrazone groups is 1. The van der Waals surface area contributed by atoms with Crippen molar-refractivity contribution in [1.29, 1.82) is 0 Å². The molecule has 1 amide bonds. The van der Waals surface area contributed by atoms with E-state index < -0.39 is 0 Å². The van der Waals surface area contributed by atoms with Gasteiger partial charge >= 0.3 is 0 Å². The topological polar surface area (TPSA) is 80.2 Å². The molecule has 0 heterocycles. The number of nitrogens with zero attached hydrogens (tertiary/aromatic N) is 1. The molecule has 0 saturated heterocycles. The van der Waals surface area contributed by atoms with E-state index in [2.05, 4.69) is 81.2 Å². The SMILES string of the molecule is C=CCOc1c(I)cc(/C=N\NC(=O)CCc2cc(C(C)(C)C)c(O)c(C(C)(C)C)c2)cc1OC. The van der Waals surface area contributed by atoms with Gasteiger partial charge in [-0.1, -0.05) is 66.3 Å². The lowest BCUT2D eigenvalue weighted by atomic mass is 9.78. The summed E-state index contributed by atoms with van der Waals surface area (Å²) in [6.45, 7) is 16.5. The van der Waals surface area contributed by atoms with Crippen molar-refractivity contribution in [3.63, 3.8) is 0 Å². The standard InChI is InChI=1S/C28H37IN2O4/c1-9-12-35-26-22(29)15-19(16-23(26)34-8)17-30-31-24(32)11-10-18-13-20(27(2,3)4)25(33)21(14-18)28(5,6)7/h9,13-17,33H,1,10-12H2,2-8H3,(H,31,32)/b30-17-. The van der Waals surface area contributed by atoms with Gasteiger partial charge in [0.05, 0.1) is 16.9 Å². The van der Waals surface area contributed by atoms with Gasteiger partial charge in [0.2, 0.25) is 5.91 Å². The lowest BCUT2D eigenvalue weighted by molar-refractivity contribution is -0.121. The van der Waals surface area contributed by atoms with Crippen molar-refractivity contribution in [2.24, 2.45) is 5.10 Å². The fourth-order valence-electron chi connectivity index (χ4n) is 3.57. The number of rotatable bonds is 9. The Balaban J connectivity index is 2.11. The molecule has 2 aromatic rings. The van der Waals surface area contributed by atoms with Gasteiger partial charge < -0.3 is 14.6 Å². The number of carbonyl (C=O) groups excluding carboxylic acids is 1. The predicted molar refractivity (Wildman–Crippen MR) is 151 cm³/mol.